The average molecular weight is 327 g/mol. The standard InChI is InChI=1S/C14H20BClN2O2S/c1-13(2)14(3,4)20-15(19-13)9(8-21)7-10-5-6-11(17)12(16)18-10/h5-7,21H,8,17H2,1-4H3. The Labute approximate surface area is 136 Å². The van der Waals surface area contributed by atoms with Gasteiger partial charge in [-0.25, -0.2) is 4.98 Å². The van der Waals surface area contributed by atoms with Crippen molar-refractivity contribution in [3.63, 3.8) is 0 Å². The number of nitrogens with zero attached hydrogens (tertiary/aromatic N) is 1. The molecule has 0 bridgehead atoms. The van der Waals surface area contributed by atoms with Gasteiger partial charge in [0.25, 0.3) is 0 Å². The maximum Gasteiger partial charge on any atom is 0.491 e. The third kappa shape index (κ3) is 3.39. The number of halogens is 1. The number of hydrogen-bond acceptors (Lipinski definition) is 5. The SMILES string of the molecule is CC1(C)OB(C(=Cc2ccc(N)c(Cl)n2)CS)OC1(C)C. The van der Waals surface area contributed by atoms with Crippen LogP contribution in [0.15, 0.2) is 17.6 Å². The minimum atomic E-state index is -0.439. The van der Waals surface area contributed by atoms with E-state index in [2.05, 4.69) is 17.6 Å². The largest absolute Gasteiger partial charge is 0.491 e. The van der Waals surface area contributed by atoms with Crippen molar-refractivity contribution in [3.8, 4) is 0 Å². The first-order valence-electron chi connectivity index (χ1n) is 6.75. The number of thiol groups is 1. The zero-order valence-electron chi connectivity index (χ0n) is 12.7. The third-order valence-corrected chi connectivity index (χ3v) is 4.64. The van der Waals surface area contributed by atoms with Crippen LogP contribution in [-0.2, 0) is 9.31 Å². The summed E-state index contributed by atoms with van der Waals surface area (Å²) < 4.78 is 12.0. The van der Waals surface area contributed by atoms with Gasteiger partial charge in [-0.15, -0.1) is 0 Å². The summed E-state index contributed by atoms with van der Waals surface area (Å²) in [6.45, 7) is 8.06. The van der Waals surface area contributed by atoms with Gasteiger partial charge in [0.15, 0.2) is 5.15 Å². The number of nitrogen functional groups attached to an aromatic ring is 1. The highest BCUT2D eigenvalue weighted by atomic mass is 35.5. The fourth-order valence-electron chi connectivity index (χ4n) is 1.91. The van der Waals surface area contributed by atoms with Gasteiger partial charge in [0.1, 0.15) is 0 Å². The minimum absolute atomic E-state index is 0.288. The van der Waals surface area contributed by atoms with Gasteiger partial charge < -0.3 is 15.0 Å². The van der Waals surface area contributed by atoms with Crippen LogP contribution in [0, 0.1) is 0 Å². The number of hydrogen-bond donors (Lipinski definition) is 2. The third-order valence-electron chi connectivity index (χ3n) is 3.97. The second-order valence-corrected chi connectivity index (χ2v) is 6.76. The molecule has 2 N–H and O–H groups in total. The van der Waals surface area contributed by atoms with Crippen molar-refractivity contribution in [2.75, 3.05) is 11.5 Å². The van der Waals surface area contributed by atoms with Crippen LogP contribution in [0.5, 0.6) is 0 Å². The summed E-state index contributed by atoms with van der Waals surface area (Å²) in [4.78, 5) is 4.22. The molecule has 1 fully saturated rings. The van der Waals surface area contributed by atoms with Crippen LogP contribution in [-0.4, -0.2) is 29.1 Å². The van der Waals surface area contributed by atoms with Gasteiger partial charge in [-0.3, -0.25) is 0 Å². The summed E-state index contributed by atoms with van der Waals surface area (Å²) in [5.41, 5.74) is 6.95. The van der Waals surface area contributed by atoms with Crippen molar-refractivity contribution in [1.82, 2.24) is 4.98 Å². The highest BCUT2D eigenvalue weighted by molar-refractivity contribution is 7.80. The normalized spacial score (nSPS) is 20.9. The van der Waals surface area contributed by atoms with E-state index in [-0.39, 0.29) is 16.4 Å². The molecule has 0 aromatic carbocycles. The molecule has 2 rings (SSSR count). The average Bonchev–Trinajstić information content (AvgIpc) is 2.59. The summed E-state index contributed by atoms with van der Waals surface area (Å²) in [6.07, 6.45) is 1.88. The van der Waals surface area contributed by atoms with Crippen LogP contribution in [0.4, 0.5) is 5.69 Å². The molecular weight excluding hydrogens is 306 g/mol. The Kier molecular flexibility index (Phi) is 4.64. The molecule has 4 nitrogen and oxygen atoms in total. The van der Waals surface area contributed by atoms with Crippen molar-refractivity contribution >= 4 is 43.1 Å². The minimum Gasteiger partial charge on any atom is -0.400 e. The van der Waals surface area contributed by atoms with E-state index in [1.165, 1.54) is 0 Å². The molecule has 1 aliphatic heterocycles. The van der Waals surface area contributed by atoms with Crippen LogP contribution in [0.3, 0.4) is 0 Å². The molecule has 7 heteroatoms. The summed E-state index contributed by atoms with van der Waals surface area (Å²) in [5.74, 6) is 0.500. The predicted molar refractivity (Wildman–Crippen MR) is 91.6 cm³/mol. The maximum atomic E-state index is 6.02. The fraction of sp³-hybridized carbons (Fsp3) is 0.500. The molecule has 0 radical (unpaired) electrons. The fourth-order valence-corrected chi connectivity index (χ4v) is 2.31. The van der Waals surface area contributed by atoms with Crippen LogP contribution >= 0.6 is 24.2 Å². The zero-order valence-corrected chi connectivity index (χ0v) is 14.3. The van der Waals surface area contributed by atoms with Gasteiger partial charge in [-0.1, -0.05) is 11.6 Å². The Morgan fingerprint density at radius 2 is 1.90 bits per heavy atom. The van der Waals surface area contributed by atoms with Crippen molar-refractivity contribution in [2.45, 2.75) is 38.9 Å². The monoisotopic (exact) mass is 326 g/mol. The van der Waals surface area contributed by atoms with E-state index < -0.39 is 7.12 Å². The topological polar surface area (TPSA) is 57.4 Å². The molecule has 0 unspecified atom stereocenters. The summed E-state index contributed by atoms with van der Waals surface area (Å²) >= 11 is 10.3. The number of nitrogens with two attached hydrogens (primary N) is 1. The molecule has 2 heterocycles. The molecule has 0 aliphatic carbocycles. The van der Waals surface area contributed by atoms with Crippen molar-refractivity contribution in [3.05, 3.63) is 28.5 Å². The number of rotatable bonds is 3. The number of pyridine rings is 1. The summed E-state index contributed by atoms with van der Waals surface area (Å²) in [6, 6.07) is 3.53. The molecule has 0 amide bonds. The first-order chi connectivity index (χ1) is 9.66. The molecule has 0 saturated carbocycles. The maximum absolute atomic E-state index is 6.02. The van der Waals surface area contributed by atoms with Crippen molar-refractivity contribution in [1.29, 1.82) is 0 Å². The first kappa shape index (κ1) is 16.7. The Balaban J connectivity index is 2.28. The Hall–Kier alpha value is -0.685. The smallest absolute Gasteiger partial charge is 0.400 e. The molecule has 1 aromatic rings. The zero-order chi connectivity index (χ0) is 15.8. The molecule has 1 aliphatic rings. The quantitative estimate of drug-likeness (QED) is 0.508. The van der Waals surface area contributed by atoms with Crippen LogP contribution in [0.1, 0.15) is 33.4 Å². The van der Waals surface area contributed by atoms with Gasteiger partial charge >= 0.3 is 7.12 Å². The van der Waals surface area contributed by atoms with Crippen molar-refractivity contribution in [2.24, 2.45) is 0 Å². The summed E-state index contributed by atoms with van der Waals surface area (Å²) in [5, 5.41) is 0.288. The molecule has 1 saturated heterocycles. The highest BCUT2D eigenvalue weighted by Gasteiger charge is 2.52. The second-order valence-electron chi connectivity index (χ2n) is 6.08. The number of aromatic nitrogens is 1. The first-order valence-corrected chi connectivity index (χ1v) is 7.76. The van der Waals surface area contributed by atoms with E-state index in [0.717, 1.165) is 5.47 Å². The Morgan fingerprint density at radius 3 is 2.38 bits per heavy atom. The van der Waals surface area contributed by atoms with Gasteiger partial charge in [0, 0.05) is 5.75 Å². The Bertz CT molecular complexity index is 562. The van der Waals surface area contributed by atoms with E-state index in [1.54, 1.807) is 12.1 Å². The predicted octanol–water partition coefficient (Wildman–Crippen LogP) is 3.26. The van der Waals surface area contributed by atoms with Gasteiger partial charge in [-0.05, 0) is 51.4 Å². The lowest BCUT2D eigenvalue weighted by Gasteiger charge is -2.32. The van der Waals surface area contributed by atoms with Crippen molar-refractivity contribution < 1.29 is 9.31 Å². The Morgan fingerprint density at radius 1 is 1.33 bits per heavy atom. The molecule has 1 aromatic heterocycles. The van der Waals surface area contributed by atoms with E-state index in [9.17, 15) is 0 Å². The highest BCUT2D eigenvalue weighted by Crippen LogP contribution is 2.39. The van der Waals surface area contributed by atoms with Crippen LogP contribution in [0.2, 0.25) is 5.15 Å². The van der Waals surface area contributed by atoms with Gasteiger partial charge in [0.05, 0.1) is 22.6 Å². The lowest BCUT2D eigenvalue weighted by atomic mass is 9.78. The molecule has 0 atom stereocenters. The lowest BCUT2D eigenvalue weighted by Crippen LogP contribution is -2.41. The van der Waals surface area contributed by atoms with Gasteiger partial charge in [0.2, 0.25) is 0 Å². The van der Waals surface area contributed by atoms with E-state index in [0.29, 0.717) is 17.1 Å². The molecular formula is C14H20BClN2O2S. The summed E-state index contributed by atoms with van der Waals surface area (Å²) in [7, 11) is -0.439. The number of anilines is 1. The van der Waals surface area contributed by atoms with E-state index in [1.807, 2.05) is 33.8 Å². The molecule has 21 heavy (non-hydrogen) atoms. The molecule has 114 valence electrons. The second kappa shape index (κ2) is 5.84. The van der Waals surface area contributed by atoms with E-state index in [4.69, 9.17) is 26.6 Å². The van der Waals surface area contributed by atoms with Gasteiger partial charge in [-0.2, -0.15) is 12.6 Å². The van der Waals surface area contributed by atoms with Crippen LogP contribution in [0.25, 0.3) is 6.08 Å². The van der Waals surface area contributed by atoms with E-state index >= 15 is 0 Å². The lowest BCUT2D eigenvalue weighted by molar-refractivity contribution is 0.00578. The molecule has 0 spiro atoms. The van der Waals surface area contributed by atoms with Crippen LogP contribution < -0.4 is 5.73 Å².